The first-order valence-electron chi connectivity index (χ1n) is 6.22. The normalized spacial score (nSPS) is 14.9. The Morgan fingerprint density at radius 3 is 3.06 bits per heavy atom. The van der Waals surface area contributed by atoms with Crippen LogP contribution in [0, 0.1) is 6.92 Å². The molecule has 0 unspecified atom stereocenters. The van der Waals surface area contributed by atoms with E-state index in [1.54, 1.807) is 0 Å². The summed E-state index contributed by atoms with van der Waals surface area (Å²) in [5.41, 5.74) is 8.33. The first kappa shape index (κ1) is 11.5. The molecule has 2 aromatic rings. The fourth-order valence-corrected chi connectivity index (χ4v) is 2.90. The molecule has 2 heterocycles. The summed E-state index contributed by atoms with van der Waals surface area (Å²) in [5.74, 6) is 1.35. The molecule has 96 valence electrons. The average molecular weight is 263 g/mol. The summed E-state index contributed by atoms with van der Waals surface area (Å²) in [6.45, 7) is 3.75. The monoisotopic (exact) mass is 263 g/mol. The lowest BCUT2D eigenvalue weighted by Gasteiger charge is -2.06. The number of nitrogens with two attached hydrogens (primary N) is 1. The van der Waals surface area contributed by atoms with Crippen LogP contribution in [0.2, 0.25) is 0 Å². The zero-order valence-electron chi connectivity index (χ0n) is 10.4. The van der Waals surface area contributed by atoms with E-state index in [4.69, 9.17) is 5.73 Å². The Balaban J connectivity index is 1.60. The van der Waals surface area contributed by atoms with Gasteiger partial charge in [-0.25, -0.2) is 0 Å². The van der Waals surface area contributed by atoms with E-state index in [0.717, 1.165) is 18.1 Å². The quantitative estimate of drug-likeness (QED) is 0.868. The molecular formula is C12H17N5S. The minimum absolute atomic E-state index is 0.637. The highest BCUT2D eigenvalue weighted by Gasteiger charge is 2.30. The molecule has 0 radical (unpaired) electrons. The SMILES string of the molecule is Cc1cnn(CCNc2snc(N)c2C2CC2)c1. The summed E-state index contributed by atoms with van der Waals surface area (Å²) in [5, 5.41) is 8.83. The number of hydrogen-bond donors (Lipinski definition) is 2. The topological polar surface area (TPSA) is 68.8 Å². The second-order valence-corrected chi connectivity index (χ2v) is 5.57. The number of anilines is 2. The van der Waals surface area contributed by atoms with E-state index in [-0.39, 0.29) is 0 Å². The highest BCUT2D eigenvalue weighted by Crippen LogP contribution is 2.47. The summed E-state index contributed by atoms with van der Waals surface area (Å²) in [7, 11) is 0. The molecule has 2 aromatic heterocycles. The van der Waals surface area contributed by atoms with Crippen molar-refractivity contribution in [3.63, 3.8) is 0 Å². The lowest BCUT2D eigenvalue weighted by Crippen LogP contribution is -2.11. The van der Waals surface area contributed by atoms with Crippen molar-refractivity contribution in [2.24, 2.45) is 0 Å². The van der Waals surface area contributed by atoms with Gasteiger partial charge in [-0.3, -0.25) is 4.68 Å². The van der Waals surface area contributed by atoms with Gasteiger partial charge < -0.3 is 11.1 Å². The highest BCUT2D eigenvalue weighted by atomic mass is 32.1. The van der Waals surface area contributed by atoms with Gasteiger partial charge in [0.25, 0.3) is 0 Å². The van der Waals surface area contributed by atoms with Crippen molar-refractivity contribution in [1.82, 2.24) is 14.2 Å². The van der Waals surface area contributed by atoms with Crippen molar-refractivity contribution in [3.8, 4) is 0 Å². The van der Waals surface area contributed by atoms with Crippen LogP contribution in [0.1, 0.15) is 29.9 Å². The Labute approximate surface area is 110 Å². The maximum atomic E-state index is 5.91. The molecule has 0 aromatic carbocycles. The van der Waals surface area contributed by atoms with E-state index < -0.39 is 0 Å². The maximum Gasteiger partial charge on any atom is 0.142 e. The minimum atomic E-state index is 0.637. The number of hydrogen-bond acceptors (Lipinski definition) is 5. The highest BCUT2D eigenvalue weighted by molar-refractivity contribution is 7.10. The Morgan fingerprint density at radius 2 is 2.39 bits per heavy atom. The Hall–Kier alpha value is -1.56. The zero-order chi connectivity index (χ0) is 12.5. The van der Waals surface area contributed by atoms with E-state index in [0.29, 0.717) is 11.7 Å². The van der Waals surface area contributed by atoms with Gasteiger partial charge in [-0.2, -0.15) is 9.47 Å². The Bertz CT molecular complexity index is 540. The van der Waals surface area contributed by atoms with E-state index in [9.17, 15) is 0 Å². The number of aryl methyl sites for hydroxylation is 1. The van der Waals surface area contributed by atoms with Gasteiger partial charge in [0.2, 0.25) is 0 Å². The molecule has 0 aliphatic heterocycles. The maximum absolute atomic E-state index is 5.91. The van der Waals surface area contributed by atoms with Crippen LogP contribution in [-0.4, -0.2) is 20.7 Å². The molecule has 1 aliphatic carbocycles. The van der Waals surface area contributed by atoms with Crippen molar-refractivity contribution in [2.45, 2.75) is 32.2 Å². The van der Waals surface area contributed by atoms with Crippen molar-refractivity contribution < 1.29 is 0 Å². The van der Waals surface area contributed by atoms with Gasteiger partial charge in [0.05, 0.1) is 12.7 Å². The standard InChI is InChI=1S/C12H17N5S/c1-8-6-15-17(7-8)5-4-14-12-10(9-2-3-9)11(13)16-18-12/h6-7,9,14H,2-5H2,1H3,(H2,13,16). The average Bonchev–Trinajstić information content (AvgIpc) is 2.99. The minimum Gasteiger partial charge on any atom is -0.383 e. The molecule has 3 N–H and O–H groups in total. The van der Waals surface area contributed by atoms with Gasteiger partial charge in [0.15, 0.2) is 0 Å². The largest absolute Gasteiger partial charge is 0.383 e. The van der Waals surface area contributed by atoms with Crippen LogP contribution in [0.25, 0.3) is 0 Å². The van der Waals surface area contributed by atoms with Crippen molar-refractivity contribution in [2.75, 3.05) is 17.6 Å². The molecule has 1 aliphatic rings. The molecular weight excluding hydrogens is 246 g/mol. The third kappa shape index (κ3) is 2.33. The fraction of sp³-hybridized carbons (Fsp3) is 0.500. The molecule has 0 atom stereocenters. The van der Waals surface area contributed by atoms with E-state index in [2.05, 4.69) is 14.8 Å². The molecule has 0 spiro atoms. The van der Waals surface area contributed by atoms with E-state index in [1.165, 1.54) is 35.5 Å². The number of nitrogens with one attached hydrogen (secondary N) is 1. The van der Waals surface area contributed by atoms with Crippen LogP contribution in [0.3, 0.4) is 0 Å². The van der Waals surface area contributed by atoms with Crippen LogP contribution in [-0.2, 0) is 6.54 Å². The van der Waals surface area contributed by atoms with Crippen LogP contribution < -0.4 is 11.1 Å². The predicted molar refractivity (Wildman–Crippen MR) is 74.0 cm³/mol. The van der Waals surface area contributed by atoms with Gasteiger partial charge in [0.1, 0.15) is 10.8 Å². The predicted octanol–water partition coefficient (Wildman–Crippen LogP) is 2.22. The lowest BCUT2D eigenvalue weighted by molar-refractivity contribution is 0.638. The smallest absolute Gasteiger partial charge is 0.142 e. The molecule has 18 heavy (non-hydrogen) atoms. The number of nitrogen functional groups attached to an aromatic ring is 1. The lowest BCUT2D eigenvalue weighted by atomic mass is 10.2. The third-order valence-corrected chi connectivity index (χ3v) is 3.97. The number of aromatic nitrogens is 3. The van der Waals surface area contributed by atoms with Gasteiger partial charge in [-0.15, -0.1) is 0 Å². The fourth-order valence-electron chi connectivity index (χ4n) is 2.08. The molecule has 0 amide bonds. The van der Waals surface area contributed by atoms with Crippen LogP contribution in [0.4, 0.5) is 10.8 Å². The molecule has 5 nitrogen and oxygen atoms in total. The summed E-state index contributed by atoms with van der Waals surface area (Å²) in [4.78, 5) is 0. The molecule has 0 bridgehead atoms. The van der Waals surface area contributed by atoms with Crippen LogP contribution >= 0.6 is 11.5 Å². The molecule has 1 fully saturated rings. The van der Waals surface area contributed by atoms with Gasteiger partial charge in [0, 0.05) is 18.3 Å². The van der Waals surface area contributed by atoms with Gasteiger partial charge >= 0.3 is 0 Å². The van der Waals surface area contributed by atoms with Crippen molar-refractivity contribution >= 4 is 22.4 Å². The van der Waals surface area contributed by atoms with Gasteiger partial charge in [-0.05, 0) is 42.8 Å². The van der Waals surface area contributed by atoms with E-state index in [1.807, 2.05) is 24.0 Å². The molecule has 3 rings (SSSR count). The second-order valence-electron chi connectivity index (χ2n) is 4.79. The first-order valence-corrected chi connectivity index (χ1v) is 6.99. The summed E-state index contributed by atoms with van der Waals surface area (Å²) in [6, 6.07) is 0. The second kappa shape index (κ2) is 4.61. The van der Waals surface area contributed by atoms with Crippen LogP contribution in [0.15, 0.2) is 12.4 Å². The molecule has 1 saturated carbocycles. The van der Waals surface area contributed by atoms with Crippen molar-refractivity contribution in [1.29, 1.82) is 0 Å². The van der Waals surface area contributed by atoms with Crippen molar-refractivity contribution in [3.05, 3.63) is 23.5 Å². The molecule has 0 saturated heterocycles. The molecule has 6 heteroatoms. The van der Waals surface area contributed by atoms with Crippen LogP contribution in [0.5, 0.6) is 0 Å². The number of nitrogens with zero attached hydrogens (tertiary/aromatic N) is 3. The number of rotatable bonds is 5. The third-order valence-electron chi connectivity index (χ3n) is 3.13. The Kier molecular flexibility index (Phi) is 2.95. The van der Waals surface area contributed by atoms with E-state index >= 15 is 0 Å². The Morgan fingerprint density at radius 1 is 1.56 bits per heavy atom. The first-order chi connectivity index (χ1) is 8.74. The summed E-state index contributed by atoms with van der Waals surface area (Å²) in [6.07, 6.45) is 6.41. The zero-order valence-corrected chi connectivity index (χ0v) is 11.2. The summed E-state index contributed by atoms with van der Waals surface area (Å²) < 4.78 is 6.19. The summed E-state index contributed by atoms with van der Waals surface area (Å²) >= 11 is 1.47. The van der Waals surface area contributed by atoms with Gasteiger partial charge in [-0.1, -0.05) is 0 Å².